The molecule has 106 valence electrons. The van der Waals surface area contributed by atoms with E-state index in [1.807, 2.05) is 14.0 Å². The van der Waals surface area contributed by atoms with Crippen LogP contribution in [0.5, 0.6) is 0 Å². The maximum absolute atomic E-state index is 4.65. The van der Waals surface area contributed by atoms with Crippen LogP contribution in [0, 0.1) is 6.92 Å². The largest absolute Gasteiger partial charge is 0.373 e. The van der Waals surface area contributed by atoms with E-state index in [0.29, 0.717) is 6.04 Å². The van der Waals surface area contributed by atoms with Crippen molar-refractivity contribution in [1.29, 1.82) is 0 Å². The number of thiophene rings is 1. The lowest BCUT2D eigenvalue weighted by atomic mass is 10.1. The average molecular weight is 288 g/mol. The van der Waals surface area contributed by atoms with Crippen LogP contribution >= 0.6 is 11.3 Å². The van der Waals surface area contributed by atoms with E-state index in [1.54, 1.807) is 11.3 Å². The monoisotopic (exact) mass is 288 g/mol. The Hall–Kier alpha value is -1.46. The molecule has 1 aliphatic rings. The third-order valence-electron chi connectivity index (χ3n) is 3.78. The molecule has 0 aromatic carbocycles. The molecule has 20 heavy (non-hydrogen) atoms. The smallest absolute Gasteiger partial charge is 0.129 e. The van der Waals surface area contributed by atoms with Gasteiger partial charge in [0, 0.05) is 19.7 Å². The van der Waals surface area contributed by atoms with Crippen molar-refractivity contribution in [3.8, 4) is 0 Å². The van der Waals surface area contributed by atoms with Gasteiger partial charge in [0.2, 0.25) is 0 Å². The van der Waals surface area contributed by atoms with E-state index in [4.69, 9.17) is 0 Å². The summed E-state index contributed by atoms with van der Waals surface area (Å²) in [6.45, 7) is 4.13. The number of nitrogens with one attached hydrogen (secondary N) is 1. The van der Waals surface area contributed by atoms with Crippen LogP contribution in [0.4, 0.5) is 5.82 Å². The van der Waals surface area contributed by atoms with Crippen molar-refractivity contribution in [2.45, 2.75) is 32.4 Å². The lowest BCUT2D eigenvalue weighted by molar-refractivity contribution is 0.244. The minimum atomic E-state index is 0.420. The van der Waals surface area contributed by atoms with Crippen LogP contribution in [0.2, 0.25) is 0 Å². The quantitative estimate of drug-likeness (QED) is 0.938. The molecule has 1 aliphatic heterocycles. The van der Waals surface area contributed by atoms with E-state index in [0.717, 1.165) is 30.4 Å². The van der Waals surface area contributed by atoms with E-state index in [9.17, 15) is 0 Å². The van der Waals surface area contributed by atoms with Crippen molar-refractivity contribution < 1.29 is 0 Å². The molecule has 0 bridgehead atoms. The molecule has 0 radical (unpaired) electrons. The van der Waals surface area contributed by atoms with Gasteiger partial charge in [-0.1, -0.05) is 0 Å². The summed E-state index contributed by atoms with van der Waals surface area (Å²) in [5, 5.41) is 7.51. The highest BCUT2D eigenvalue weighted by atomic mass is 32.1. The summed E-state index contributed by atoms with van der Waals surface area (Å²) in [6, 6.07) is 4.72. The normalized spacial score (nSPS) is 19.4. The number of aromatic nitrogens is 2. The summed E-state index contributed by atoms with van der Waals surface area (Å²) in [6.07, 6.45) is 2.43. The van der Waals surface area contributed by atoms with Crippen LogP contribution in [0.3, 0.4) is 0 Å². The molecule has 0 aliphatic carbocycles. The van der Waals surface area contributed by atoms with E-state index < -0.39 is 0 Å². The predicted octanol–water partition coefficient (Wildman–Crippen LogP) is 3.23. The van der Waals surface area contributed by atoms with Gasteiger partial charge >= 0.3 is 0 Å². The van der Waals surface area contributed by atoms with E-state index in [1.165, 1.54) is 18.4 Å². The SMILES string of the molecule is CNc1cc([C@H]2CCCN2Cc2ccsc2)nc(C)n1. The first-order valence-electron chi connectivity index (χ1n) is 7.04. The Kier molecular flexibility index (Phi) is 3.98. The topological polar surface area (TPSA) is 41.0 Å². The number of hydrogen-bond acceptors (Lipinski definition) is 5. The zero-order valence-corrected chi connectivity index (χ0v) is 12.8. The van der Waals surface area contributed by atoms with Crippen molar-refractivity contribution in [3.05, 3.63) is 40.0 Å². The Morgan fingerprint density at radius 1 is 1.45 bits per heavy atom. The average Bonchev–Trinajstić information content (AvgIpc) is 3.10. The predicted molar refractivity (Wildman–Crippen MR) is 83.0 cm³/mol. The van der Waals surface area contributed by atoms with Crippen LogP contribution in [-0.4, -0.2) is 28.5 Å². The van der Waals surface area contributed by atoms with Gasteiger partial charge in [0.05, 0.1) is 11.7 Å². The molecule has 0 amide bonds. The van der Waals surface area contributed by atoms with E-state index in [-0.39, 0.29) is 0 Å². The highest BCUT2D eigenvalue weighted by Crippen LogP contribution is 2.33. The molecule has 0 saturated carbocycles. The van der Waals surface area contributed by atoms with Gasteiger partial charge in [-0.2, -0.15) is 11.3 Å². The van der Waals surface area contributed by atoms with Gasteiger partial charge in [0.1, 0.15) is 11.6 Å². The van der Waals surface area contributed by atoms with Gasteiger partial charge < -0.3 is 5.32 Å². The fourth-order valence-corrected chi connectivity index (χ4v) is 3.52. The molecular weight excluding hydrogens is 268 g/mol. The van der Waals surface area contributed by atoms with Gasteiger partial charge in [-0.15, -0.1) is 0 Å². The van der Waals surface area contributed by atoms with Crippen molar-refractivity contribution >= 4 is 17.2 Å². The Bertz CT molecular complexity index is 567. The number of nitrogens with zero attached hydrogens (tertiary/aromatic N) is 3. The zero-order chi connectivity index (χ0) is 13.9. The first kappa shape index (κ1) is 13.5. The van der Waals surface area contributed by atoms with Gasteiger partial charge in [-0.25, -0.2) is 9.97 Å². The van der Waals surface area contributed by atoms with Crippen LogP contribution in [0.25, 0.3) is 0 Å². The van der Waals surface area contributed by atoms with Crippen molar-refractivity contribution in [2.75, 3.05) is 18.9 Å². The van der Waals surface area contributed by atoms with Gasteiger partial charge in [-0.3, -0.25) is 4.90 Å². The van der Waals surface area contributed by atoms with Crippen LogP contribution in [-0.2, 0) is 6.54 Å². The minimum Gasteiger partial charge on any atom is -0.373 e. The Balaban J connectivity index is 1.82. The minimum absolute atomic E-state index is 0.420. The van der Waals surface area contributed by atoms with E-state index >= 15 is 0 Å². The van der Waals surface area contributed by atoms with E-state index in [2.05, 4.69) is 43.1 Å². The fourth-order valence-electron chi connectivity index (χ4n) is 2.86. The van der Waals surface area contributed by atoms with Crippen molar-refractivity contribution in [2.24, 2.45) is 0 Å². The third kappa shape index (κ3) is 2.83. The summed E-state index contributed by atoms with van der Waals surface area (Å²) in [4.78, 5) is 11.6. The lowest BCUT2D eigenvalue weighted by Gasteiger charge is -2.24. The maximum Gasteiger partial charge on any atom is 0.129 e. The molecule has 3 rings (SSSR count). The van der Waals surface area contributed by atoms with Gasteiger partial charge in [0.15, 0.2) is 0 Å². The lowest BCUT2D eigenvalue weighted by Crippen LogP contribution is -2.23. The maximum atomic E-state index is 4.65. The van der Waals surface area contributed by atoms with Crippen LogP contribution < -0.4 is 5.32 Å². The van der Waals surface area contributed by atoms with Crippen molar-refractivity contribution in [3.63, 3.8) is 0 Å². The summed E-state index contributed by atoms with van der Waals surface area (Å²) >= 11 is 1.77. The van der Waals surface area contributed by atoms with Crippen LogP contribution in [0.15, 0.2) is 22.9 Å². The number of aryl methyl sites for hydroxylation is 1. The zero-order valence-electron chi connectivity index (χ0n) is 12.0. The fraction of sp³-hybridized carbons (Fsp3) is 0.467. The molecule has 2 aromatic heterocycles. The summed E-state index contributed by atoms with van der Waals surface area (Å²) < 4.78 is 0. The summed E-state index contributed by atoms with van der Waals surface area (Å²) in [5.41, 5.74) is 2.55. The number of anilines is 1. The standard InChI is InChI=1S/C15H20N4S/c1-11-17-13(8-15(16-2)18-11)14-4-3-6-19(14)9-12-5-7-20-10-12/h5,7-8,10,14H,3-4,6,9H2,1-2H3,(H,16,17,18)/t14-/m1/s1. The molecule has 3 heterocycles. The molecule has 0 spiro atoms. The first-order chi connectivity index (χ1) is 9.76. The molecule has 1 saturated heterocycles. The number of hydrogen-bond donors (Lipinski definition) is 1. The second-order valence-electron chi connectivity index (χ2n) is 5.24. The highest BCUT2D eigenvalue weighted by Gasteiger charge is 2.27. The van der Waals surface area contributed by atoms with Crippen molar-refractivity contribution in [1.82, 2.24) is 14.9 Å². The second-order valence-corrected chi connectivity index (χ2v) is 6.02. The number of likely N-dealkylation sites (tertiary alicyclic amines) is 1. The molecule has 1 N–H and O–H groups in total. The summed E-state index contributed by atoms with van der Waals surface area (Å²) in [5.74, 6) is 1.75. The van der Waals surface area contributed by atoms with Crippen LogP contribution in [0.1, 0.15) is 36.0 Å². The molecule has 0 unspecified atom stereocenters. The third-order valence-corrected chi connectivity index (χ3v) is 4.52. The highest BCUT2D eigenvalue weighted by molar-refractivity contribution is 7.07. The Morgan fingerprint density at radius 2 is 2.35 bits per heavy atom. The molecule has 5 heteroatoms. The van der Waals surface area contributed by atoms with Gasteiger partial charge in [-0.05, 0) is 48.7 Å². The number of rotatable bonds is 4. The molecular formula is C15H20N4S. The molecule has 1 atom stereocenters. The second kappa shape index (κ2) is 5.89. The Morgan fingerprint density at radius 3 is 3.10 bits per heavy atom. The summed E-state index contributed by atoms with van der Waals surface area (Å²) in [7, 11) is 1.91. The Labute approximate surface area is 123 Å². The molecule has 4 nitrogen and oxygen atoms in total. The first-order valence-corrected chi connectivity index (χ1v) is 7.99. The van der Waals surface area contributed by atoms with Gasteiger partial charge in [0.25, 0.3) is 0 Å². The molecule has 2 aromatic rings. The molecule has 1 fully saturated rings.